The standard InChI is InChI=1S/C23H25N7O4/c1-4-28(2)22(33)17-13-24-29(3)20(17)21(32)26-19-8-9-30-14-18(25-23(30)27-19)15-6-5-7-16(12-15)34-11-10-31/h5-9,12-14,31H,4,10-11H2,1-3H3,(H,25,26,27,32). The quantitative estimate of drug-likeness (QED) is 0.408. The Morgan fingerprint density at radius 1 is 1.24 bits per heavy atom. The highest BCUT2D eigenvalue weighted by molar-refractivity contribution is 6.10. The molecule has 4 rings (SSSR count). The van der Waals surface area contributed by atoms with Gasteiger partial charge >= 0.3 is 0 Å². The van der Waals surface area contributed by atoms with Crippen molar-refractivity contribution in [1.29, 1.82) is 0 Å². The van der Waals surface area contributed by atoms with Gasteiger partial charge in [0, 0.05) is 38.6 Å². The van der Waals surface area contributed by atoms with Crippen LogP contribution in [0.1, 0.15) is 27.8 Å². The van der Waals surface area contributed by atoms with E-state index in [9.17, 15) is 9.59 Å². The molecule has 0 fully saturated rings. The summed E-state index contributed by atoms with van der Waals surface area (Å²) < 4.78 is 8.57. The number of nitrogens with one attached hydrogen (secondary N) is 1. The van der Waals surface area contributed by atoms with Crippen LogP contribution in [0.3, 0.4) is 0 Å². The van der Waals surface area contributed by atoms with Crippen LogP contribution < -0.4 is 10.1 Å². The largest absolute Gasteiger partial charge is 0.491 e. The maximum atomic E-state index is 13.0. The number of fused-ring (bicyclic) bond motifs is 1. The lowest BCUT2D eigenvalue weighted by molar-refractivity contribution is 0.0796. The summed E-state index contributed by atoms with van der Waals surface area (Å²) in [7, 11) is 3.27. The van der Waals surface area contributed by atoms with Crippen LogP contribution in [0.4, 0.5) is 5.82 Å². The normalized spacial score (nSPS) is 10.9. The highest BCUT2D eigenvalue weighted by Crippen LogP contribution is 2.24. The zero-order valence-corrected chi connectivity index (χ0v) is 19.1. The molecule has 0 aliphatic heterocycles. The number of nitrogens with zero attached hydrogens (tertiary/aromatic N) is 6. The third-order valence-electron chi connectivity index (χ3n) is 5.26. The summed E-state index contributed by atoms with van der Waals surface area (Å²) in [5.41, 5.74) is 1.87. The lowest BCUT2D eigenvalue weighted by atomic mass is 10.1. The molecule has 3 heterocycles. The van der Waals surface area contributed by atoms with Crippen LogP contribution in [0, 0.1) is 0 Å². The van der Waals surface area contributed by atoms with Crippen molar-refractivity contribution in [1.82, 2.24) is 29.0 Å². The molecule has 0 saturated carbocycles. The van der Waals surface area contributed by atoms with Gasteiger partial charge in [0.1, 0.15) is 23.9 Å². The lowest BCUT2D eigenvalue weighted by Crippen LogP contribution is -2.29. The summed E-state index contributed by atoms with van der Waals surface area (Å²) in [6.45, 7) is 2.49. The number of imidazole rings is 1. The van der Waals surface area contributed by atoms with Crippen LogP contribution >= 0.6 is 0 Å². The molecule has 0 aliphatic carbocycles. The molecule has 0 saturated heterocycles. The summed E-state index contributed by atoms with van der Waals surface area (Å²) in [6, 6.07) is 9.01. The van der Waals surface area contributed by atoms with E-state index in [1.165, 1.54) is 15.8 Å². The molecule has 1 aromatic carbocycles. The minimum absolute atomic E-state index is 0.0687. The van der Waals surface area contributed by atoms with E-state index in [-0.39, 0.29) is 36.2 Å². The number of benzene rings is 1. The van der Waals surface area contributed by atoms with Crippen molar-refractivity contribution in [2.45, 2.75) is 6.92 Å². The Labute approximate surface area is 195 Å². The summed E-state index contributed by atoms with van der Waals surface area (Å²) in [6.07, 6.45) is 4.94. The Kier molecular flexibility index (Phi) is 6.55. The summed E-state index contributed by atoms with van der Waals surface area (Å²) in [5.74, 6) is 0.525. The maximum absolute atomic E-state index is 13.0. The molecule has 4 aromatic rings. The van der Waals surface area contributed by atoms with Gasteiger partial charge in [-0.25, -0.2) is 4.98 Å². The molecule has 34 heavy (non-hydrogen) atoms. The van der Waals surface area contributed by atoms with Crippen molar-refractivity contribution in [3.63, 3.8) is 0 Å². The monoisotopic (exact) mass is 463 g/mol. The number of amides is 2. The van der Waals surface area contributed by atoms with Gasteiger partial charge in [0.2, 0.25) is 5.78 Å². The minimum atomic E-state index is -0.495. The number of aromatic nitrogens is 5. The smallest absolute Gasteiger partial charge is 0.275 e. The second kappa shape index (κ2) is 9.71. The Balaban J connectivity index is 1.58. The van der Waals surface area contributed by atoms with E-state index >= 15 is 0 Å². The predicted molar refractivity (Wildman–Crippen MR) is 125 cm³/mol. The topological polar surface area (TPSA) is 127 Å². The van der Waals surface area contributed by atoms with E-state index in [0.717, 1.165) is 5.56 Å². The molecule has 0 spiro atoms. The van der Waals surface area contributed by atoms with Crippen LogP contribution in [-0.4, -0.2) is 72.8 Å². The minimum Gasteiger partial charge on any atom is -0.491 e. The van der Waals surface area contributed by atoms with E-state index in [4.69, 9.17) is 9.84 Å². The molecule has 176 valence electrons. The maximum Gasteiger partial charge on any atom is 0.275 e. The van der Waals surface area contributed by atoms with Gasteiger partial charge in [-0.05, 0) is 25.1 Å². The van der Waals surface area contributed by atoms with Gasteiger partial charge in [0.05, 0.1) is 24.1 Å². The number of aryl methyl sites for hydroxylation is 1. The van der Waals surface area contributed by atoms with E-state index in [1.807, 2.05) is 31.3 Å². The average molecular weight is 463 g/mol. The fourth-order valence-electron chi connectivity index (χ4n) is 3.38. The number of carbonyl (C=O) groups excluding carboxylic acids is 2. The summed E-state index contributed by atoms with van der Waals surface area (Å²) >= 11 is 0. The number of ether oxygens (including phenoxy) is 1. The first-order valence-corrected chi connectivity index (χ1v) is 10.7. The number of anilines is 1. The number of carbonyl (C=O) groups is 2. The number of aliphatic hydroxyl groups is 1. The number of hydrogen-bond acceptors (Lipinski definition) is 7. The molecule has 11 heteroatoms. The molecule has 0 atom stereocenters. The fourth-order valence-corrected chi connectivity index (χ4v) is 3.38. The summed E-state index contributed by atoms with van der Waals surface area (Å²) in [4.78, 5) is 36.1. The van der Waals surface area contributed by atoms with Crippen molar-refractivity contribution in [2.75, 3.05) is 32.1 Å². The fraction of sp³-hybridized carbons (Fsp3) is 0.261. The Hall–Kier alpha value is -4.25. The molecule has 2 amide bonds. The van der Waals surface area contributed by atoms with Crippen LogP contribution in [0.25, 0.3) is 17.0 Å². The van der Waals surface area contributed by atoms with Crippen LogP contribution in [0.15, 0.2) is 48.9 Å². The molecule has 0 unspecified atom stereocenters. The number of rotatable bonds is 8. The van der Waals surface area contributed by atoms with Gasteiger partial charge < -0.3 is 20.1 Å². The highest BCUT2D eigenvalue weighted by Gasteiger charge is 2.24. The molecule has 3 aromatic heterocycles. The van der Waals surface area contributed by atoms with Crippen molar-refractivity contribution in [2.24, 2.45) is 7.05 Å². The zero-order chi connectivity index (χ0) is 24.2. The van der Waals surface area contributed by atoms with Gasteiger partial charge in [-0.3, -0.25) is 18.7 Å². The van der Waals surface area contributed by atoms with Crippen molar-refractivity contribution < 1.29 is 19.4 Å². The van der Waals surface area contributed by atoms with E-state index in [2.05, 4.69) is 20.4 Å². The first-order chi connectivity index (χ1) is 16.4. The molecule has 2 N–H and O–H groups in total. The Morgan fingerprint density at radius 2 is 2.06 bits per heavy atom. The zero-order valence-electron chi connectivity index (χ0n) is 19.1. The van der Waals surface area contributed by atoms with Crippen molar-refractivity contribution in [3.8, 4) is 17.0 Å². The Bertz CT molecular complexity index is 1340. The second-order valence-corrected chi connectivity index (χ2v) is 7.55. The SMILES string of the molecule is CCN(C)C(=O)c1cnn(C)c1C(=O)Nc1ccn2cc(-c3cccc(OCCO)c3)nc2n1. The number of aliphatic hydroxyl groups excluding tert-OH is 1. The van der Waals surface area contributed by atoms with Crippen LogP contribution in [0.2, 0.25) is 0 Å². The van der Waals surface area contributed by atoms with Crippen LogP contribution in [0.5, 0.6) is 5.75 Å². The van der Waals surface area contributed by atoms with Crippen LogP contribution in [-0.2, 0) is 7.05 Å². The van der Waals surface area contributed by atoms with Gasteiger partial charge in [-0.2, -0.15) is 10.1 Å². The number of hydrogen-bond donors (Lipinski definition) is 2. The first-order valence-electron chi connectivity index (χ1n) is 10.7. The molecular formula is C23H25N7O4. The second-order valence-electron chi connectivity index (χ2n) is 7.55. The van der Waals surface area contributed by atoms with Gasteiger partial charge in [-0.1, -0.05) is 12.1 Å². The summed E-state index contributed by atoms with van der Waals surface area (Å²) in [5, 5.41) is 15.8. The molecule has 0 bridgehead atoms. The van der Waals surface area contributed by atoms with Crippen molar-refractivity contribution in [3.05, 3.63) is 60.2 Å². The molecule has 11 nitrogen and oxygen atoms in total. The third-order valence-corrected chi connectivity index (χ3v) is 5.26. The van der Waals surface area contributed by atoms with Gasteiger partial charge in [-0.15, -0.1) is 0 Å². The lowest BCUT2D eigenvalue weighted by Gasteiger charge is -2.14. The van der Waals surface area contributed by atoms with Gasteiger partial charge in [0.25, 0.3) is 11.8 Å². The Morgan fingerprint density at radius 3 is 2.82 bits per heavy atom. The van der Waals surface area contributed by atoms with E-state index in [0.29, 0.717) is 23.8 Å². The molecular weight excluding hydrogens is 438 g/mol. The third kappa shape index (κ3) is 4.59. The van der Waals surface area contributed by atoms with Gasteiger partial charge in [0.15, 0.2) is 0 Å². The average Bonchev–Trinajstić information content (AvgIpc) is 3.45. The van der Waals surface area contributed by atoms with Crippen molar-refractivity contribution >= 4 is 23.4 Å². The first kappa shape index (κ1) is 22.9. The highest BCUT2D eigenvalue weighted by atomic mass is 16.5. The molecule has 0 aliphatic rings. The van der Waals surface area contributed by atoms with E-state index in [1.54, 1.807) is 36.8 Å². The predicted octanol–water partition coefficient (Wildman–Crippen LogP) is 1.85. The molecule has 0 radical (unpaired) electrons. The van der Waals surface area contributed by atoms with E-state index < -0.39 is 5.91 Å².